The maximum atomic E-state index is 13.4. The van der Waals surface area contributed by atoms with Crippen LogP contribution in [0.4, 0.5) is 13.2 Å². The highest BCUT2D eigenvalue weighted by Gasteiger charge is 2.80. The molecule has 0 N–H and O–H groups in total. The summed E-state index contributed by atoms with van der Waals surface area (Å²) >= 11 is 0. The molecule has 2 aliphatic carbocycles. The van der Waals surface area contributed by atoms with Gasteiger partial charge in [-0.25, -0.2) is 0 Å². The fraction of sp³-hybridized carbons (Fsp3) is 0.875. The van der Waals surface area contributed by atoms with Crippen molar-refractivity contribution in [3.63, 3.8) is 0 Å². The Morgan fingerprint density at radius 1 is 1.29 bits per heavy atom. The number of hydrogen-bond donors (Lipinski definition) is 0. The summed E-state index contributed by atoms with van der Waals surface area (Å²) in [6.07, 6.45) is -4.60. The van der Waals surface area contributed by atoms with Gasteiger partial charge in [-0.2, -0.15) is 13.2 Å². The Kier molecular flexibility index (Phi) is 3.60. The molecule has 2 bridgehead atoms. The predicted octanol–water partition coefficient (Wildman–Crippen LogP) is 2.23. The van der Waals surface area contributed by atoms with Crippen LogP contribution in [-0.2, 0) is 23.8 Å². The van der Waals surface area contributed by atoms with Crippen LogP contribution in [-0.4, -0.2) is 43.5 Å². The third kappa shape index (κ3) is 2.18. The van der Waals surface area contributed by atoms with Gasteiger partial charge in [-0.15, -0.1) is 0 Å². The van der Waals surface area contributed by atoms with Crippen molar-refractivity contribution < 1.29 is 37.0 Å². The van der Waals surface area contributed by atoms with Gasteiger partial charge in [0.15, 0.2) is 5.41 Å². The second-order valence-corrected chi connectivity index (χ2v) is 7.36. The quantitative estimate of drug-likeness (QED) is 0.732. The number of rotatable bonds is 3. The summed E-state index contributed by atoms with van der Waals surface area (Å²) < 4.78 is 56.0. The average molecular weight is 348 g/mol. The lowest BCUT2D eigenvalue weighted by Crippen LogP contribution is -2.48. The third-order valence-corrected chi connectivity index (χ3v) is 6.14. The van der Waals surface area contributed by atoms with E-state index in [9.17, 15) is 22.8 Å². The minimum Gasteiger partial charge on any atom is -0.458 e. The van der Waals surface area contributed by atoms with Crippen LogP contribution in [0.25, 0.3) is 0 Å². The molecule has 5 nitrogen and oxygen atoms in total. The second kappa shape index (κ2) is 5.34. The van der Waals surface area contributed by atoms with Gasteiger partial charge in [-0.05, 0) is 31.6 Å². The van der Waals surface area contributed by atoms with E-state index < -0.39 is 47.6 Å². The first kappa shape index (κ1) is 16.2. The number of carbonyl (C=O) groups excluding carboxylic acids is 2. The van der Waals surface area contributed by atoms with Gasteiger partial charge in [0.1, 0.15) is 12.2 Å². The first-order chi connectivity index (χ1) is 11.3. The Hall–Kier alpha value is -1.31. The van der Waals surface area contributed by atoms with Crippen LogP contribution >= 0.6 is 0 Å². The summed E-state index contributed by atoms with van der Waals surface area (Å²) in [6.45, 7) is 1.22. The van der Waals surface area contributed by atoms with Crippen LogP contribution in [0.2, 0.25) is 0 Å². The van der Waals surface area contributed by atoms with Crippen molar-refractivity contribution in [2.75, 3.05) is 13.2 Å². The summed E-state index contributed by atoms with van der Waals surface area (Å²) in [5, 5.41) is 0. The Balaban J connectivity index is 1.43. The van der Waals surface area contributed by atoms with Gasteiger partial charge in [0.05, 0.1) is 0 Å². The fourth-order valence-electron chi connectivity index (χ4n) is 4.94. The van der Waals surface area contributed by atoms with Gasteiger partial charge in [0.25, 0.3) is 0 Å². The zero-order valence-electron chi connectivity index (χ0n) is 13.0. The molecule has 5 unspecified atom stereocenters. The molecule has 4 aliphatic rings. The van der Waals surface area contributed by atoms with Crippen molar-refractivity contribution in [2.45, 2.75) is 50.5 Å². The van der Waals surface area contributed by atoms with Crippen molar-refractivity contribution >= 4 is 11.9 Å². The van der Waals surface area contributed by atoms with Crippen LogP contribution in [0.3, 0.4) is 0 Å². The normalized spacial score (nSPS) is 41.5. The van der Waals surface area contributed by atoms with Gasteiger partial charge in [-0.1, -0.05) is 0 Å². The SMILES string of the molecule is O=C(CC1CCOCC1)OC1C2CC3C1OC(=O)C3(C(F)(F)F)C2. The first-order valence-electron chi connectivity index (χ1n) is 8.38. The van der Waals surface area contributed by atoms with Crippen molar-refractivity contribution in [3.05, 3.63) is 0 Å². The van der Waals surface area contributed by atoms with E-state index in [1.54, 1.807) is 0 Å². The maximum Gasteiger partial charge on any atom is 0.405 e. The fourth-order valence-corrected chi connectivity index (χ4v) is 4.94. The minimum atomic E-state index is -4.62. The first-order valence-corrected chi connectivity index (χ1v) is 8.38. The maximum absolute atomic E-state index is 13.4. The van der Waals surface area contributed by atoms with Gasteiger partial charge in [0.2, 0.25) is 0 Å². The zero-order chi connectivity index (χ0) is 17.1. The van der Waals surface area contributed by atoms with Crippen molar-refractivity contribution in [3.8, 4) is 0 Å². The molecule has 0 aromatic carbocycles. The number of hydrogen-bond acceptors (Lipinski definition) is 5. The van der Waals surface area contributed by atoms with Crippen LogP contribution in [0, 0.1) is 23.2 Å². The Morgan fingerprint density at radius 3 is 2.67 bits per heavy atom. The smallest absolute Gasteiger partial charge is 0.405 e. The predicted molar refractivity (Wildman–Crippen MR) is 72.6 cm³/mol. The van der Waals surface area contributed by atoms with Crippen LogP contribution in [0.1, 0.15) is 32.1 Å². The molecule has 0 amide bonds. The van der Waals surface area contributed by atoms with E-state index >= 15 is 0 Å². The lowest BCUT2D eigenvalue weighted by atomic mass is 9.73. The average Bonchev–Trinajstić information content (AvgIpc) is 3.10. The Morgan fingerprint density at radius 2 is 2.00 bits per heavy atom. The Labute approximate surface area is 136 Å². The minimum absolute atomic E-state index is 0.185. The molecule has 0 radical (unpaired) electrons. The molecule has 0 aromatic heterocycles. The van der Waals surface area contributed by atoms with Gasteiger partial charge < -0.3 is 14.2 Å². The van der Waals surface area contributed by atoms with E-state index in [-0.39, 0.29) is 25.2 Å². The summed E-state index contributed by atoms with van der Waals surface area (Å²) in [7, 11) is 0. The molecule has 4 fully saturated rings. The molecule has 0 spiro atoms. The van der Waals surface area contributed by atoms with Crippen molar-refractivity contribution in [1.82, 2.24) is 0 Å². The Bertz CT molecular complexity index is 556. The van der Waals surface area contributed by atoms with E-state index in [0.29, 0.717) is 13.2 Å². The third-order valence-electron chi connectivity index (χ3n) is 6.14. The van der Waals surface area contributed by atoms with Crippen LogP contribution < -0.4 is 0 Å². The van der Waals surface area contributed by atoms with Gasteiger partial charge in [-0.3, -0.25) is 9.59 Å². The lowest BCUT2D eigenvalue weighted by molar-refractivity contribution is -0.231. The lowest BCUT2D eigenvalue weighted by Gasteiger charge is -2.33. The number of carbonyl (C=O) groups is 2. The van der Waals surface area contributed by atoms with Crippen LogP contribution in [0.15, 0.2) is 0 Å². The molecule has 2 heterocycles. The van der Waals surface area contributed by atoms with Crippen LogP contribution in [0.5, 0.6) is 0 Å². The van der Waals surface area contributed by atoms with E-state index in [2.05, 4.69) is 0 Å². The van der Waals surface area contributed by atoms with Crippen molar-refractivity contribution in [2.24, 2.45) is 23.2 Å². The number of esters is 2. The summed E-state index contributed by atoms with van der Waals surface area (Å²) in [5.41, 5.74) is -2.38. The van der Waals surface area contributed by atoms with E-state index in [1.807, 2.05) is 0 Å². The number of alkyl halides is 3. The largest absolute Gasteiger partial charge is 0.458 e. The number of fused-ring (bicyclic) bond motifs is 1. The monoisotopic (exact) mass is 348 g/mol. The van der Waals surface area contributed by atoms with Gasteiger partial charge >= 0.3 is 18.1 Å². The van der Waals surface area contributed by atoms with E-state index in [1.165, 1.54) is 0 Å². The molecule has 5 atom stereocenters. The molecule has 2 saturated carbocycles. The molecule has 134 valence electrons. The molecule has 8 heteroatoms. The summed E-state index contributed by atoms with van der Waals surface area (Å²) in [5.74, 6) is -2.80. The van der Waals surface area contributed by atoms with Crippen molar-refractivity contribution in [1.29, 1.82) is 0 Å². The molecule has 0 aromatic rings. The number of halogens is 3. The standard InChI is InChI=1S/C16H19F3O5/c17-16(18,19)15-7-9-6-10(15)13(24-14(15)21)12(9)23-11(20)5-8-1-3-22-4-2-8/h8-10,12-13H,1-7H2. The highest BCUT2D eigenvalue weighted by Crippen LogP contribution is 2.67. The molecular weight excluding hydrogens is 329 g/mol. The topological polar surface area (TPSA) is 61.8 Å². The summed E-state index contributed by atoms with van der Waals surface area (Å²) in [6, 6.07) is 0. The van der Waals surface area contributed by atoms with E-state index in [0.717, 1.165) is 12.8 Å². The molecular formula is C16H19F3O5. The molecule has 4 rings (SSSR count). The van der Waals surface area contributed by atoms with Gasteiger partial charge in [0, 0.05) is 31.5 Å². The summed E-state index contributed by atoms with van der Waals surface area (Å²) in [4.78, 5) is 24.1. The number of ether oxygens (including phenoxy) is 3. The molecule has 2 saturated heterocycles. The zero-order valence-corrected chi connectivity index (χ0v) is 13.0. The second-order valence-electron chi connectivity index (χ2n) is 7.36. The molecule has 24 heavy (non-hydrogen) atoms. The molecule has 2 aliphatic heterocycles. The van der Waals surface area contributed by atoms with E-state index in [4.69, 9.17) is 14.2 Å². The highest BCUT2D eigenvalue weighted by molar-refractivity contribution is 5.82. The highest BCUT2D eigenvalue weighted by atomic mass is 19.4.